The van der Waals surface area contributed by atoms with Gasteiger partial charge in [0.2, 0.25) is 0 Å². The van der Waals surface area contributed by atoms with Crippen molar-refractivity contribution < 1.29 is 27.5 Å². The molecule has 0 bridgehead atoms. The maximum absolute atomic E-state index is 14.3. The zero-order chi connectivity index (χ0) is 20.3. The largest absolute Gasteiger partial charge is 0.465 e. The van der Waals surface area contributed by atoms with Crippen molar-refractivity contribution in [2.24, 2.45) is 4.99 Å². The smallest absolute Gasteiger partial charge is 0.326 e. The van der Waals surface area contributed by atoms with Crippen LogP contribution >= 0.6 is 11.3 Å². The molecule has 0 aliphatic heterocycles. The van der Waals surface area contributed by atoms with Crippen molar-refractivity contribution in [3.05, 3.63) is 64.2 Å². The number of hydrogen-bond donors (Lipinski definition) is 0. The summed E-state index contributed by atoms with van der Waals surface area (Å²) < 4.78 is 47.1. The van der Waals surface area contributed by atoms with E-state index in [0.717, 1.165) is 17.4 Å². The van der Waals surface area contributed by atoms with E-state index in [0.29, 0.717) is 11.6 Å². The predicted octanol–water partition coefficient (Wildman–Crippen LogP) is 3.35. The first-order valence-electron chi connectivity index (χ1n) is 8.33. The highest BCUT2D eigenvalue weighted by atomic mass is 32.1. The van der Waals surface area contributed by atoms with Crippen molar-refractivity contribution >= 4 is 33.4 Å². The van der Waals surface area contributed by atoms with Crippen LogP contribution in [0.5, 0.6) is 0 Å². The molecule has 0 unspecified atom stereocenters. The van der Waals surface area contributed by atoms with Crippen molar-refractivity contribution in [2.45, 2.75) is 19.9 Å². The van der Waals surface area contributed by atoms with E-state index in [1.54, 1.807) is 6.92 Å². The number of amides is 1. The van der Waals surface area contributed by atoms with Crippen LogP contribution in [0.1, 0.15) is 12.5 Å². The first-order chi connectivity index (χ1) is 13.4. The summed E-state index contributed by atoms with van der Waals surface area (Å²) in [6, 6.07) is 7.15. The third kappa shape index (κ3) is 4.48. The average molecular weight is 408 g/mol. The second-order valence-corrected chi connectivity index (χ2v) is 6.83. The number of carbonyl (C=O) groups excluding carboxylic acids is 2. The number of aromatic nitrogens is 1. The zero-order valence-electron chi connectivity index (χ0n) is 14.7. The second-order valence-electron chi connectivity index (χ2n) is 5.82. The van der Waals surface area contributed by atoms with E-state index >= 15 is 0 Å². The molecule has 3 rings (SSSR count). The number of esters is 1. The molecule has 0 fully saturated rings. The first-order valence-corrected chi connectivity index (χ1v) is 9.15. The van der Waals surface area contributed by atoms with Gasteiger partial charge in [0.05, 0.1) is 23.2 Å². The molecule has 0 atom stereocenters. The van der Waals surface area contributed by atoms with Gasteiger partial charge in [0, 0.05) is 6.07 Å². The minimum absolute atomic E-state index is 0.0345. The number of nitrogens with zero attached hydrogens (tertiary/aromatic N) is 2. The Morgan fingerprint density at radius 3 is 2.50 bits per heavy atom. The minimum Gasteiger partial charge on any atom is -0.465 e. The topological polar surface area (TPSA) is 60.7 Å². The number of halogens is 3. The summed E-state index contributed by atoms with van der Waals surface area (Å²) in [5, 5.41) is 0. The molecule has 3 aromatic rings. The quantitative estimate of drug-likeness (QED) is 0.609. The van der Waals surface area contributed by atoms with Crippen LogP contribution in [0.15, 0.2) is 41.4 Å². The highest BCUT2D eigenvalue weighted by Gasteiger charge is 2.17. The van der Waals surface area contributed by atoms with Crippen LogP contribution < -0.4 is 4.80 Å². The van der Waals surface area contributed by atoms with E-state index in [-0.39, 0.29) is 34.6 Å². The molecule has 1 heterocycles. The lowest BCUT2D eigenvalue weighted by atomic mass is 10.1. The number of benzene rings is 2. The summed E-state index contributed by atoms with van der Waals surface area (Å²) in [5.74, 6) is -3.29. The van der Waals surface area contributed by atoms with Gasteiger partial charge in [-0.3, -0.25) is 9.59 Å². The average Bonchev–Trinajstić information content (AvgIpc) is 2.94. The van der Waals surface area contributed by atoms with E-state index in [9.17, 15) is 22.8 Å². The normalized spacial score (nSPS) is 11.8. The molecule has 0 aliphatic rings. The van der Waals surface area contributed by atoms with Gasteiger partial charge in [-0.15, -0.1) is 0 Å². The van der Waals surface area contributed by atoms with Crippen LogP contribution in [0.2, 0.25) is 0 Å². The summed E-state index contributed by atoms with van der Waals surface area (Å²) in [4.78, 5) is 28.2. The van der Waals surface area contributed by atoms with Gasteiger partial charge in [-0.1, -0.05) is 23.5 Å². The van der Waals surface area contributed by atoms with Crippen LogP contribution in [-0.4, -0.2) is 23.1 Å². The van der Waals surface area contributed by atoms with Crippen LogP contribution in [0.4, 0.5) is 13.2 Å². The monoisotopic (exact) mass is 408 g/mol. The Labute approximate surface area is 161 Å². The molecule has 28 heavy (non-hydrogen) atoms. The Balaban J connectivity index is 2.03. The second kappa shape index (κ2) is 8.39. The molecule has 0 radical (unpaired) electrons. The Morgan fingerprint density at radius 2 is 1.82 bits per heavy atom. The van der Waals surface area contributed by atoms with E-state index in [1.165, 1.54) is 28.8 Å². The lowest BCUT2D eigenvalue weighted by Crippen LogP contribution is -2.23. The van der Waals surface area contributed by atoms with Crippen LogP contribution in [-0.2, 0) is 27.3 Å². The van der Waals surface area contributed by atoms with E-state index in [4.69, 9.17) is 4.74 Å². The zero-order valence-corrected chi connectivity index (χ0v) is 15.6. The fourth-order valence-electron chi connectivity index (χ4n) is 2.62. The molecule has 0 N–H and O–H groups in total. The van der Waals surface area contributed by atoms with Crippen LogP contribution in [0.3, 0.4) is 0 Å². The van der Waals surface area contributed by atoms with Gasteiger partial charge >= 0.3 is 5.97 Å². The van der Waals surface area contributed by atoms with Gasteiger partial charge in [-0.05, 0) is 30.7 Å². The third-order valence-electron chi connectivity index (χ3n) is 3.78. The van der Waals surface area contributed by atoms with Crippen molar-refractivity contribution in [3.8, 4) is 0 Å². The molecule has 0 aliphatic carbocycles. The van der Waals surface area contributed by atoms with E-state index < -0.39 is 29.3 Å². The van der Waals surface area contributed by atoms with Gasteiger partial charge in [-0.25, -0.2) is 13.2 Å². The maximum atomic E-state index is 14.3. The molecule has 9 heteroatoms. The van der Waals surface area contributed by atoms with Gasteiger partial charge in [0.1, 0.15) is 18.2 Å². The highest BCUT2D eigenvalue weighted by molar-refractivity contribution is 7.16. The molecule has 146 valence electrons. The number of hydrogen-bond acceptors (Lipinski definition) is 4. The maximum Gasteiger partial charge on any atom is 0.326 e. The molecule has 1 amide bonds. The standard InChI is InChI=1S/C19H15F3N2O3S/c1-2-27-17(26)10-24-18-14(22)8-13(21)9-15(18)28-19(24)23-16(25)7-11-3-5-12(20)6-4-11/h3-6,8-9H,2,7,10H2,1H3. The Bertz CT molecular complexity index is 1100. The summed E-state index contributed by atoms with van der Waals surface area (Å²) in [6.07, 6.45) is -0.106. The minimum atomic E-state index is -0.872. The molecule has 5 nitrogen and oxygen atoms in total. The highest BCUT2D eigenvalue weighted by Crippen LogP contribution is 2.22. The first kappa shape index (κ1) is 19.8. The molecule has 0 saturated heterocycles. The molecule has 2 aromatic carbocycles. The lowest BCUT2D eigenvalue weighted by Gasteiger charge is -2.06. The summed E-state index contributed by atoms with van der Waals surface area (Å²) in [7, 11) is 0. The summed E-state index contributed by atoms with van der Waals surface area (Å²) in [6.45, 7) is 1.38. The SMILES string of the molecule is CCOC(=O)Cn1c(=NC(=O)Cc2ccc(F)cc2)sc2cc(F)cc(F)c21. The Hall–Kier alpha value is -2.94. The number of thiazole rings is 1. The lowest BCUT2D eigenvalue weighted by molar-refractivity contribution is -0.143. The number of rotatable bonds is 5. The van der Waals surface area contributed by atoms with Crippen molar-refractivity contribution in [2.75, 3.05) is 6.61 Å². The molecule has 0 spiro atoms. The van der Waals surface area contributed by atoms with E-state index in [2.05, 4.69) is 4.99 Å². The summed E-state index contributed by atoms with van der Waals surface area (Å²) in [5.41, 5.74) is 0.512. The number of ether oxygens (including phenoxy) is 1. The van der Waals surface area contributed by atoms with Crippen molar-refractivity contribution in [1.29, 1.82) is 0 Å². The van der Waals surface area contributed by atoms with Crippen molar-refractivity contribution in [3.63, 3.8) is 0 Å². The molecule has 0 saturated carbocycles. The predicted molar refractivity (Wildman–Crippen MR) is 97.0 cm³/mol. The number of carbonyl (C=O) groups is 2. The fraction of sp³-hybridized carbons (Fsp3) is 0.211. The fourth-order valence-corrected chi connectivity index (χ4v) is 3.71. The summed E-state index contributed by atoms with van der Waals surface area (Å²) >= 11 is 0.881. The van der Waals surface area contributed by atoms with Gasteiger partial charge in [-0.2, -0.15) is 4.99 Å². The van der Waals surface area contributed by atoms with Gasteiger partial charge < -0.3 is 9.30 Å². The van der Waals surface area contributed by atoms with Crippen LogP contribution in [0.25, 0.3) is 10.2 Å². The van der Waals surface area contributed by atoms with E-state index in [1.807, 2.05) is 0 Å². The van der Waals surface area contributed by atoms with Crippen LogP contribution in [0, 0.1) is 17.5 Å². The van der Waals surface area contributed by atoms with Gasteiger partial charge in [0.25, 0.3) is 5.91 Å². The van der Waals surface area contributed by atoms with Crippen molar-refractivity contribution in [1.82, 2.24) is 4.57 Å². The Kier molecular flexibility index (Phi) is 5.93. The number of fused-ring (bicyclic) bond motifs is 1. The van der Waals surface area contributed by atoms with Gasteiger partial charge in [0.15, 0.2) is 10.6 Å². The molecular weight excluding hydrogens is 393 g/mol. The molecular formula is C19H15F3N2O3S. The molecule has 1 aromatic heterocycles. The third-order valence-corrected chi connectivity index (χ3v) is 4.80. The Morgan fingerprint density at radius 1 is 1.11 bits per heavy atom.